The highest BCUT2D eigenvalue weighted by Gasteiger charge is 2.13. The molecule has 0 spiro atoms. The van der Waals surface area contributed by atoms with Crippen LogP contribution in [0.3, 0.4) is 0 Å². The molecule has 0 fully saturated rings. The third kappa shape index (κ3) is 4.15. The van der Waals surface area contributed by atoms with Gasteiger partial charge in [0.05, 0.1) is 12.6 Å². The summed E-state index contributed by atoms with van der Waals surface area (Å²) >= 11 is 0. The Morgan fingerprint density at radius 1 is 1.37 bits per heavy atom. The molecule has 1 heterocycles. The molecule has 0 aromatic carbocycles. The molecule has 7 heteroatoms. The van der Waals surface area contributed by atoms with Gasteiger partial charge in [-0.1, -0.05) is 0 Å². The fraction of sp³-hybridized carbons (Fsp3) is 0.583. The Morgan fingerprint density at radius 2 is 2.00 bits per heavy atom. The molecule has 106 valence electrons. The Balaban J connectivity index is 2.77. The summed E-state index contributed by atoms with van der Waals surface area (Å²) < 4.78 is 11.2. The van der Waals surface area contributed by atoms with Crippen LogP contribution in [0.15, 0.2) is 16.9 Å². The standard InChI is InChI=1S/C12H19N3O4/c1-8(2)15-10(16)6-5-9(14-15)12(17)13-7-11(18-3)19-4/h5-6,8,11H,7H2,1-4H3,(H,13,17). The van der Waals surface area contributed by atoms with Gasteiger partial charge in [0, 0.05) is 20.3 Å². The van der Waals surface area contributed by atoms with E-state index in [9.17, 15) is 9.59 Å². The molecule has 1 rings (SSSR count). The molecule has 0 radical (unpaired) electrons. The fourth-order valence-electron chi connectivity index (χ4n) is 1.45. The third-order valence-electron chi connectivity index (χ3n) is 2.50. The van der Waals surface area contributed by atoms with Gasteiger partial charge in [-0.05, 0) is 19.9 Å². The number of nitrogens with zero attached hydrogens (tertiary/aromatic N) is 2. The third-order valence-corrected chi connectivity index (χ3v) is 2.50. The van der Waals surface area contributed by atoms with E-state index in [2.05, 4.69) is 10.4 Å². The second kappa shape index (κ2) is 7.01. The molecule has 1 aromatic rings. The lowest BCUT2D eigenvalue weighted by Crippen LogP contribution is -2.36. The fourth-order valence-corrected chi connectivity index (χ4v) is 1.45. The van der Waals surface area contributed by atoms with Gasteiger partial charge in [-0.2, -0.15) is 5.10 Å². The van der Waals surface area contributed by atoms with Crippen molar-refractivity contribution >= 4 is 5.91 Å². The maximum atomic E-state index is 11.9. The van der Waals surface area contributed by atoms with E-state index in [1.165, 1.54) is 31.0 Å². The number of nitrogens with one attached hydrogen (secondary N) is 1. The summed E-state index contributed by atoms with van der Waals surface area (Å²) in [6.45, 7) is 3.85. The topological polar surface area (TPSA) is 82.5 Å². The molecule has 0 bridgehead atoms. The van der Waals surface area contributed by atoms with Crippen LogP contribution in [0.25, 0.3) is 0 Å². The molecule has 7 nitrogen and oxygen atoms in total. The van der Waals surface area contributed by atoms with Crippen molar-refractivity contribution in [1.29, 1.82) is 0 Å². The first-order valence-corrected chi connectivity index (χ1v) is 5.93. The molecule has 1 N–H and O–H groups in total. The first kappa shape index (κ1) is 15.3. The molecule has 0 aliphatic rings. The lowest BCUT2D eigenvalue weighted by atomic mass is 10.3. The van der Waals surface area contributed by atoms with E-state index >= 15 is 0 Å². The van der Waals surface area contributed by atoms with Crippen molar-refractivity contribution in [2.75, 3.05) is 20.8 Å². The second-order valence-corrected chi connectivity index (χ2v) is 4.21. The largest absolute Gasteiger partial charge is 0.354 e. The van der Waals surface area contributed by atoms with E-state index in [1.54, 1.807) is 0 Å². The molecule has 1 amide bonds. The zero-order valence-electron chi connectivity index (χ0n) is 11.5. The number of hydrogen-bond donors (Lipinski definition) is 1. The molecule has 19 heavy (non-hydrogen) atoms. The quantitative estimate of drug-likeness (QED) is 0.745. The van der Waals surface area contributed by atoms with Crippen molar-refractivity contribution in [3.63, 3.8) is 0 Å². The van der Waals surface area contributed by atoms with Gasteiger partial charge in [-0.25, -0.2) is 4.68 Å². The van der Waals surface area contributed by atoms with E-state index in [1.807, 2.05) is 13.8 Å². The van der Waals surface area contributed by atoms with E-state index < -0.39 is 6.29 Å². The van der Waals surface area contributed by atoms with Crippen LogP contribution < -0.4 is 10.9 Å². The minimum Gasteiger partial charge on any atom is -0.354 e. The lowest BCUT2D eigenvalue weighted by molar-refractivity contribution is -0.0974. The average Bonchev–Trinajstić information content (AvgIpc) is 2.39. The lowest BCUT2D eigenvalue weighted by Gasteiger charge is -2.14. The van der Waals surface area contributed by atoms with Crippen molar-refractivity contribution in [2.24, 2.45) is 0 Å². The zero-order valence-corrected chi connectivity index (χ0v) is 11.5. The van der Waals surface area contributed by atoms with Gasteiger partial charge in [-0.3, -0.25) is 9.59 Å². The minimum absolute atomic E-state index is 0.106. The zero-order chi connectivity index (χ0) is 14.4. The van der Waals surface area contributed by atoms with Crippen molar-refractivity contribution in [1.82, 2.24) is 15.1 Å². The number of hydrogen-bond acceptors (Lipinski definition) is 5. The van der Waals surface area contributed by atoms with E-state index in [-0.39, 0.29) is 29.7 Å². The monoisotopic (exact) mass is 269 g/mol. The number of amides is 1. The molecule has 1 aromatic heterocycles. The van der Waals surface area contributed by atoms with Gasteiger partial charge in [0.15, 0.2) is 6.29 Å². The summed E-state index contributed by atoms with van der Waals surface area (Å²) in [4.78, 5) is 23.4. The average molecular weight is 269 g/mol. The van der Waals surface area contributed by atoms with Gasteiger partial charge in [0.1, 0.15) is 5.69 Å². The Labute approximate surface area is 111 Å². The van der Waals surface area contributed by atoms with Gasteiger partial charge in [0.25, 0.3) is 11.5 Å². The predicted molar refractivity (Wildman–Crippen MR) is 69.0 cm³/mol. The molecule has 0 aliphatic carbocycles. The summed E-state index contributed by atoms with van der Waals surface area (Å²) in [6.07, 6.45) is -0.514. The second-order valence-electron chi connectivity index (χ2n) is 4.21. The molecule has 0 saturated heterocycles. The van der Waals surface area contributed by atoms with E-state index in [4.69, 9.17) is 9.47 Å². The van der Waals surface area contributed by atoms with Crippen LogP contribution in [0.2, 0.25) is 0 Å². The van der Waals surface area contributed by atoms with Gasteiger partial charge >= 0.3 is 0 Å². The van der Waals surface area contributed by atoms with Crippen molar-refractivity contribution in [3.05, 3.63) is 28.2 Å². The van der Waals surface area contributed by atoms with Crippen LogP contribution in [0, 0.1) is 0 Å². The van der Waals surface area contributed by atoms with Gasteiger partial charge in [0.2, 0.25) is 0 Å². The Kier molecular flexibility index (Phi) is 5.65. The number of carbonyl (C=O) groups excluding carboxylic acids is 1. The Morgan fingerprint density at radius 3 is 2.53 bits per heavy atom. The van der Waals surface area contributed by atoms with Crippen molar-refractivity contribution < 1.29 is 14.3 Å². The summed E-state index contributed by atoms with van der Waals surface area (Å²) in [5, 5.41) is 6.63. The summed E-state index contributed by atoms with van der Waals surface area (Å²) in [5.41, 5.74) is -0.0579. The molecule has 0 unspecified atom stereocenters. The molecule has 0 atom stereocenters. The van der Waals surface area contributed by atoms with Crippen molar-refractivity contribution in [3.8, 4) is 0 Å². The van der Waals surface area contributed by atoms with E-state index in [0.29, 0.717) is 0 Å². The highest BCUT2D eigenvalue weighted by molar-refractivity contribution is 5.91. The molecule has 0 saturated carbocycles. The number of rotatable bonds is 6. The number of ether oxygens (including phenoxy) is 2. The smallest absolute Gasteiger partial charge is 0.271 e. The number of aromatic nitrogens is 2. The van der Waals surface area contributed by atoms with E-state index in [0.717, 1.165) is 0 Å². The number of methoxy groups -OCH3 is 2. The molecular formula is C12H19N3O4. The summed E-state index contributed by atoms with van der Waals surface area (Å²) in [5.74, 6) is -0.381. The van der Waals surface area contributed by atoms with Crippen LogP contribution in [0.4, 0.5) is 0 Å². The predicted octanol–water partition coefficient (Wildman–Crippen LogP) is 0.173. The highest BCUT2D eigenvalue weighted by Crippen LogP contribution is 1.99. The highest BCUT2D eigenvalue weighted by atomic mass is 16.7. The van der Waals surface area contributed by atoms with Crippen LogP contribution in [-0.4, -0.2) is 42.7 Å². The minimum atomic E-state index is -0.514. The normalized spacial score (nSPS) is 11.1. The first-order valence-electron chi connectivity index (χ1n) is 5.93. The molecular weight excluding hydrogens is 250 g/mol. The van der Waals surface area contributed by atoms with Crippen LogP contribution in [0.5, 0.6) is 0 Å². The Bertz CT molecular complexity index is 480. The maximum absolute atomic E-state index is 11.9. The molecule has 0 aliphatic heterocycles. The van der Waals surface area contributed by atoms with Crippen LogP contribution in [-0.2, 0) is 9.47 Å². The van der Waals surface area contributed by atoms with Crippen LogP contribution >= 0.6 is 0 Å². The maximum Gasteiger partial charge on any atom is 0.271 e. The SMILES string of the molecule is COC(CNC(=O)c1ccc(=O)n(C(C)C)n1)OC. The summed E-state index contributed by atoms with van der Waals surface area (Å²) in [6, 6.07) is 2.61. The van der Waals surface area contributed by atoms with Crippen LogP contribution in [0.1, 0.15) is 30.4 Å². The Hall–Kier alpha value is -1.73. The van der Waals surface area contributed by atoms with Gasteiger partial charge in [-0.15, -0.1) is 0 Å². The first-order chi connectivity index (χ1) is 8.99. The van der Waals surface area contributed by atoms with Gasteiger partial charge < -0.3 is 14.8 Å². The summed E-state index contributed by atoms with van der Waals surface area (Å²) in [7, 11) is 2.97. The number of carbonyl (C=O) groups is 1. The van der Waals surface area contributed by atoms with Crippen molar-refractivity contribution in [2.45, 2.75) is 26.2 Å².